The van der Waals surface area contributed by atoms with Crippen molar-refractivity contribution in [1.29, 1.82) is 0 Å². The number of thiophene rings is 1. The molecule has 2 aromatic rings. The second-order valence-electron chi connectivity index (χ2n) is 7.47. The number of nitrogens with zero attached hydrogens (tertiary/aromatic N) is 1. The highest BCUT2D eigenvalue weighted by Crippen LogP contribution is 2.45. The van der Waals surface area contributed by atoms with Crippen molar-refractivity contribution in [3.8, 4) is 0 Å². The first-order valence-electron chi connectivity index (χ1n) is 9.85. The van der Waals surface area contributed by atoms with Gasteiger partial charge in [-0.05, 0) is 42.3 Å². The van der Waals surface area contributed by atoms with Gasteiger partial charge in [0, 0.05) is 30.9 Å². The van der Waals surface area contributed by atoms with Gasteiger partial charge >= 0.3 is 5.97 Å². The minimum Gasteiger partial charge on any atom is -0.466 e. The molecule has 1 spiro atoms. The Hall–Kier alpha value is -1.69. The number of esters is 1. The van der Waals surface area contributed by atoms with Crippen LogP contribution in [0.25, 0.3) is 0 Å². The Balaban J connectivity index is 1.45. The fourth-order valence-electron chi connectivity index (χ4n) is 4.36. The van der Waals surface area contributed by atoms with Gasteiger partial charge in [-0.2, -0.15) is 0 Å². The van der Waals surface area contributed by atoms with E-state index in [4.69, 9.17) is 9.47 Å². The third-order valence-electron chi connectivity index (χ3n) is 5.65. The van der Waals surface area contributed by atoms with Gasteiger partial charge in [0.2, 0.25) is 0 Å². The Morgan fingerprint density at radius 3 is 2.78 bits per heavy atom. The van der Waals surface area contributed by atoms with Gasteiger partial charge < -0.3 is 9.47 Å². The molecule has 0 aliphatic carbocycles. The number of benzene rings is 1. The van der Waals surface area contributed by atoms with E-state index in [2.05, 4.69) is 46.7 Å². The van der Waals surface area contributed by atoms with Gasteiger partial charge in [0.25, 0.3) is 0 Å². The van der Waals surface area contributed by atoms with Gasteiger partial charge in [-0.15, -0.1) is 11.3 Å². The fraction of sp³-hybridized carbons (Fsp3) is 0.500. The van der Waals surface area contributed by atoms with E-state index in [1.165, 1.54) is 16.0 Å². The van der Waals surface area contributed by atoms with Crippen LogP contribution in [-0.2, 0) is 32.8 Å². The Labute approximate surface area is 165 Å². The van der Waals surface area contributed by atoms with Crippen molar-refractivity contribution in [2.45, 2.75) is 50.9 Å². The van der Waals surface area contributed by atoms with E-state index in [-0.39, 0.29) is 17.7 Å². The van der Waals surface area contributed by atoms with Crippen molar-refractivity contribution in [2.75, 3.05) is 19.7 Å². The molecule has 0 radical (unpaired) electrons. The minimum absolute atomic E-state index is 0.0733. The monoisotopic (exact) mass is 385 g/mol. The van der Waals surface area contributed by atoms with E-state index < -0.39 is 0 Å². The van der Waals surface area contributed by atoms with E-state index in [1.54, 1.807) is 11.3 Å². The summed E-state index contributed by atoms with van der Waals surface area (Å²) in [5.41, 5.74) is 2.47. The number of likely N-dealkylation sites (tertiary alicyclic amines) is 1. The predicted octanol–water partition coefficient (Wildman–Crippen LogP) is 4.13. The Morgan fingerprint density at radius 2 is 2.04 bits per heavy atom. The average molecular weight is 386 g/mol. The lowest BCUT2D eigenvalue weighted by molar-refractivity contribution is -0.162. The SMILES string of the molecule is CCOC(=O)CC1Cc2sccc2C2(CCN(Cc3ccccc3)CC2)O1. The molecule has 0 saturated carbocycles. The lowest BCUT2D eigenvalue weighted by atomic mass is 9.81. The lowest BCUT2D eigenvalue weighted by Gasteiger charge is -2.46. The number of fused-ring (bicyclic) bond motifs is 2. The zero-order valence-corrected chi connectivity index (χ0v) is 16.7. The molecule has 1 saturated heterocycles. The zero-order valence-electron chi connectivity index (χ0n) is 15.9. The van der Waals surface area contributed by atoms with Gasteiger partial charge in [-0.3, -0.25) is 9.69 Å². The lowest BCUT2D eigenvalue weighted by Crippen LogP contribution is -2.48. The molecule has 1 atom stereocenters. The Kier molecular flexibility index (Phi) is 5.62. The number of piperidine rings is 1. The summed E-state index contributed by atoms with van der Waals surface area (Å²) >= 11 is 1.79. The molecule has 4 nitrogen and oxygen atoms in total. The van der Waals surface area contributed by atoms with Crippen LogP contribution in [0, 0.1) is 0 Å². The highest BCUT2D eigenvalue weighted by atomic mass is 32.1. The smallest absolute Gasteiger partial charge is 0.308 e. The Bertz CT molecular complexity index is 765. The highest BCUT2D eigenvalue weighted by Gasteiger charge is 2.44. The maximum absolute atomic E-state index is 12.0. The standard InChI is InChI=1S/C22H27NO3S/c1-2-25-21(24)15-18-14-20-19(8-13-27-20)22(26-18)9-11-23(12-10-22)16-17-6-4-3-5-7-17/h3-8,13,18H,2,9-12,14-16H2,1H3. The van der Waals surface area contributed by atoms with Gasteiger partial charge in [-0.1, -0.05) is 30.3 Å². The van der Waals surface area contributed by atoms with E-state index in [0.717, 1.165) is 38.9 Å². The summed E-state index contributed by atoms with van der Waals surface area (Å²) in [6, 6.07) is 12.9. The minimum atomic E-state index is -0.238. The maximum Gasteiger partial charge on any atom is 0.308 e. The quantitative estimate of drug-likeness (QED) is 0.726. The average Bonchev–Trinajstić information content (AvgIpc) is 3.14. The van der Waals surface area contributed by atoms with Crippen molar-refractivity contribution in [1.82, 2.24) is 4.90 Å². The van der Waals surface area contributed by atoms with Gasteiger partial charge in [0.05, 0.1) is 24.7 Å². The molecule has 1 aromatic heterocycles. The molecule has 1 aromatic carbocycles. The molecular formula is C22H27NO3S. The van der Waals surface area contributed by atoms with Crippen LogP contribution in [0.5, 0.6) is 0 Å². The molecule has 4 rings (SSSR count). The largest absolute Gasteiger partial charge is 0.466 e. The number of hydrogen-bond acceptors (Lipinski definition) is 5. The number of rotatable bonds is 5. The Morgan fingerprint density at radius 1 is 1.26 bits per heavy atom. The summed E-state index contributed by atoms with van der Waals surface area (Å²) in [5, 5.41) is 2.17. The molecule has 1 unspecified atom stereocenters. The number of carbonyl (C=O) groups excluding carboxylic acids is 1. The van der Waals surface area contributed by atoms with Gasteiger partial charge in [-0.25, -0.2) is 0 Å². The van der Waals surface area contributed by atoms with Gasteiger partial charge in [0.1, 0.15) is 0 Å². The summed E-state index contributed by atoms with van der Waals surface area (Å²) in [6.07, 6.45) is 3.05. The summed E-state index contributed by atoms with van der Waals surface area (Å²) < 4.78 is 11.7. The van der Waals surface area contributed by atoms with Crippen LogP contribution in [0.4, 0.5) is 0 Å². The summed E-state index contributed by atoms with van der Waals surface area (Å²) in [6.45, 7) is 5.28. The van der Waals surface area contributed by atoms with Crippen molar-refractivity contribution >= 4 is 17.3 Å². The van der Waals surface area contributed by atoms with Crippen LogP contribution >= 0.6 is 11.3 Å². The molecule has 2 aliphatic rings. The number of ether oxygens (including phenoxy) is 2. The molecule has 0 amide bonds. The van der Waals surface area contributed by atoms with E-state index in [1.807, 2.05) is 6.92 Å². The van der Waals surface area contributed by atoms with Gasteiger partial charge in [0.15, 0.2) is 0 Å². The van der Waals surface area contributed by atoms with Crippen molar-refractivity contribution in [3.05, 3.63) is 57.8 Å². The molecule has 27 heavy (non-hydrogen) atoms. The maximum atomic E-state index is 12.0. The predicted molar refractivity (Wildman–Crippen MR) is 107 cm³/mol. The topological polar surface area (TPSA) is 38.8 Å². The molecular weight excluding hydrogens is 358 g/mol. The van der Waals surface area contributed by atoms with Crippen molar-refractivity contribution in [2.24, 2.45) is 0 Å². The van der Waals surface area contributed by atoms with Crippen molar-refractivity contribution in [3.63, 3.8) is 0 Å². The molecule has 0 bridgehead atoms. The van der Waals surface area contributed by atoms with Crippen LogP contribution in [0.3, 0.4) is 0 Å². The van der Waals surface area contributed by atoms with E-state index in [9.17, 15) is 4.79 Å². The summed E-state index contributed by atoms with van der Waals surface area (Å²) in [5.74, 6) is -0.154. The van der Waals surface area contributed by atoms with Crippen LogP contribution in [0.1, 0.15) is 42.2 Å². The van der Waals surface area contributed by atoms with E-state index in [0.29, 0.717) is 13.0 Å². The molecule has 3 heterocycles. The third-order valence-corrected chi connectivity index (χ3v) is 6.60. The number of carbonyl (C=O) groups is 1. The second-order valence-corrected chi connectivity index (χ2v) is 8.47. The second kappa shape index (κ2) is 8.13. The first-order valence-corrected chi connectivity index (χ1v) is 10.7. The summed E-state index contributed by atoms with van der Waals surface area (Å²) in [4.78, 5) is 15.9. The normalized spacial score (nSPS) is 21.7. The molecule has 144 valence electrons. The number of hydrogen-bond donors (Lipinski definition) is 0. The van der Waals surface area contributed by atoms with Crippen LogP contribution in [0.15, 0.2) is 41.8 Å². The fourth-order valence-corrected chi connectivity index (χ4v) is 5.39. The van der Waals surface area contributed by atoms with Crippen LogP contribution in [0.2, 0.25) is 0 Å². The highest BCUT2D eigenvalue weighted by molar-refractivity contribution is 7.10. The van der Waals surface area contributed by atoms with Crippen LogP contribution < -0.4 is 0 Å². The molecule has 5 heteroatoms. The first-order chi connectivity index (χ1) is 13.2. The summed E-state index contributed by atoms with van der Waals surface area (Å²) in [7, 11) is 0. The van der Waals surface area contributed by atoms with E-state index >= 15 is 0 Å². The van der Waals surface area contributed by atoms with Crippen molar-refractivity contribution < 1.29 is 14.3 Å². The molecule has 2 aliphatic heterocycles. The third kappa shape index (κ3) is 4.10. The van der Waals surface area contributed by atoms with Crippen LogP contribution in [-0.4, -0.2) is 36.7 Å². The molecule has 0 N–H and O–H groups in total. The zero-order chi connectivity index (χ0) is 18.7. The molecule has 1 fully saturated rings. The first kappa shape index (κ1) is 18.7.